The Balaban J connectivity index is 1.41. The first kappa shape index (κ1) is 20.5. The van der Waals surface area contributed by atoms with Crippen molar-refractivity contribution in [3.8, 4) is 0 Å². The van der Waals surface area contributed by atoms with Gasteiger partial charge in [-0.2, -0.15) is 9.36 Å². The number of hydrogen-bond donors (Lipinski definition) is 5. The van der Waals surface area contributed by atoms with E-state index in [1.807, 2.05) is 0 Å². The van der Waals surface area contributed by atoms with E-state index >= 15 is 0 Å². The molecule has 2 aromatic heterocycles. The monoisotopic (exact) mass is 455 g/mol. The van der Waals surface area contributed by atoms with Crippen LogP contribution in [0.2, 0.25) is 0 Å². The minimum Gasteiger partial charge on any atom is -0.388 e. The smallest absolute Gasteiger partial charge is 0.282 e. The van der Waals surface area contributed by atoms with Crippen LogP contribution in [-0.4, -0.2) is 61.4 Å². The second-order valence-electron chi connectivity index (χ2n) is 7.75. The first-order chi connectivity index (χ1) is 15.4. The molecule has 1 aliphatic heterocycles. The highest BCUT2D eigenvalue weighted by Crippen LogP contribution is 2.30. The first-order valence-corrected chi connectivity index (χ1v) is 10.9. The number of nitrogens with two attached hydrogens (primary N) is 1. The van der Waals surface area contributed by atoms with E-state index in [1.54, 1.807) is 18.3 Å². The van der Waals surface area contributed by atoms with Gasteiger partial charge in [0.25, 0.3) is 11.5 Å². The molecule has 2 aliphatic rings. The van der Waals surface area contributed by atoms with Gasteiger partial charge in [0.1, 0.15) is 23.6 Å². The van der Waals surface area contributed by atoms with Gasteiger partial charge in [0.2, 0.25) is 0 Å². The average molecular weight is 456 g/mol. The van der Waals surface area contributed by atoms with E-state index in [4.69, 9.17) is 15.9 Å². The number of rotatable bonds is 5. The Morgan fingerprint density at radius 1 is 1.44 bits per heavy atom. The van der Waals surface area contributed by atoms with Crippen LogP contribution >= 0.6 is 11.5 Å². The molecule has 166 valence electrons. The van der Waals surface area contributed by atoms with Gasteiger partial charge >= 0.3 is 0 Å². The van der Waals surface area contributed by atoms with Crippen LogP contribution in [0.5, 0.6) is 0 Å². The fourth-order valence-electron chi connectivity index (χ4n) is 3.63. The number of nitrogens with zero attached hydrogens (tertiary/aromatic N) is 3. The Morgan fingerprint density at radius 2 is 2.25 bits per heavy atom. The number of ether oxygens (including phenoxy) is 1. The van der Waals surface area contributed by atoms with Gasteiger partial charge in [-0.3, -0.25) is 19.9 Å². The maximum Gasteiger partial charge on any atom is 0.282 e. The predicted molar refractivity (Wildman–Crippen MR) is 119 cm³/mol. The van der Waals surface area contributed by atoms with Crippen molar-refractivity contribution >= 4 is 50.1 Å². The number of aliphatic hydroxyl groups is 1. The first-order valence-electron chi connectivity index (χ1n) is 10.1. The number of benzene rings is 1. The van der Waals surface area contributed by atoms with Crippen LogP contribution in [0.4, 0.5) is 5.82 Å². The third-order valence-electron chi connectivity index (χ3n) is 5.50. The number of nitrogen functional groups attached to an aromatic ring is 1. The number of anilines is 1. The van der Waals surface area contributed by atoms with Crippen molar-refractivity contribution < 1.29 is 14.6 Å². The van der Waals surface area contributed by atoms with Gasteiger partial charge in [-0.25, -0.2) is 0 Å². The standard InChI is InChI=1S/C20H21N7O4S/c21-12(5-6-23-9-1-2-9)27-7-8-31-15(20(27)30)14(28)18-24-11-4-3-10-16(32-26-17(10)22)13(11)19(29)25-18/h3-6,9,14-15,21,23,28H,1-2,7-8H2,(H2,22,26)(H,24,25,29)/b6-5-,21-12?. The summed E-state index contributed by atoms with van der Waals surface area (Å²) in [6.07, 6.45) is 2.56. The molecule has 11 nitrogen and oxygen atoms in total. The molecule has 1 aromatic carbocycles. The van der Waals surface area contributed by atoms with Gasteiger partial charge < -0.3 is 25.9 Å². The second kappa shape index (κ2) is 7.97. The number of amidine groups is 1. The maximum atomic E-state index is 12.9. The lowest BCUT2D eigenvalue weighted by molar-refractivity contribution is -0.157. The summed E-state index contributed by atoms with van der Waals surface area (Å²) < 4.78 is 10.2. The minimum absolute atomic E-state index is 0.00575. The summed E-state index contributed by atoms with van der Waals surface area (Å²) in [6.45, 7) is 0.333. The molecule has 2 fully saturated rings. The molecule has 2 unspecified atom stereocenters. The highest BCUT2D eigenvalue weighted by molar-refractivity contribution is 7.14. The highest BCUT2D eigenvalue weighted by atomic mass is 32.1. The van der Waals surface area contributed by atoms with Gasteiger partial charge in [0.15, 0.2) is 6.10 Å². The Labute approximate surface area is 185 Å². The molecule has 0 bridgehead atoms. The molecule has 0 spiro atoms. The van der Waals surface area contributed by atoms with Crippen LogP contribution < -0.4 is 16.6 Å². The molecule has 1 saturated heterocycles. The van der Waals surface area contributed by atoms with Crippen LogP contribution in [0.15, 0.2) is 29.2 Å². The molecule has 12 heteroatoms. The maximum absolute atomic E-state index is 12.9. The van der Waals surface area contributed by atoms with Crippen LogP contribution in [0.1, 0.15) is 24.8 Å². The molecular formula is C20H21N7O4S. The lowest BCUT2D eigenvalue weighted by Gasteiger charge is -2.33. The summed E-state index contributed by atoms with van der Waals surface area (Å²) in [4.78, 5) is 33.8. The summed E-state index contributed by atoms with van der Waals surface area (Å²) in [7, 11) is 0. The van der Waals surface area contributed by atoms with Gasteiger partial charge in [0.05, 0.1) is 28.8 Å². The molecule has 1 aliphatic carbocycles. The van der Waals surface area contributed by atoms with Gasteiger partial charge in [-0.15, -0.1) is 0 Å². The zero-order valence-electron chi connectivity index (χ0n) is 16.9. The number of amides is 1. The number of aromatic amines is 1. The summed E-state index contributed by atoms with van der Waals surface area (Å²) >= 11 is 1.10. The number of H-pyrrole nitrogens is 1. The summed E-state index contributed by atoms with van der Waals surface area (Å²) in [5.41, 5.74) is 5.71. The number of nitrogens with one attached hydrogen (secondary N) is 3. The Morgan fingerprint density at radius 3 is 3.03 bits per heavy atom. The number of aromatic nitrogens is 3. The van der Waals surface area contributed by atoms with E-state index in [0.29, 0.717) is 32.8 Å². The summed E-state index contributed by atoms with van der Waals surface area (Å²) in [6, 6.07) is 3.83. The fraction of sp³-hybridized carbons (Fsp3) is 0.350. The molecular weight excluding hydrogens is 434 g/mol. The second-order valence-corrected chi connectivity index (χ2v) is 8.52. The number of morpholine rings is 1. The van der Waals surface area contributed by atoms with E-state index in [-0.39, 0.29) is 24.8 Å². The lowest BCUT2D eigenvalue weighted by atomic mass is 10.1. The molecule has 6 N–H and O–H groups in total. The van der Waals surface area contributed by atoms with E-state index in [9.17, 15) is 14.7 Å². The molecule has 1 saturated carbocycles. The number of fused-ring (bicyclic) bond motifs is 3. The SMILES string of the molecule is N=C(/C=C\NC1CC1)N1CCOC(C(O)c2nc(=O)c3c(ccc4c(N)nsc43)[nH]2)C1=O. The summed E-state index contributed by atoms with van der Waals surface area (Å²) in [5, 5.41) is 23.1. The van der Waals surface area contributed by atoms with Crippen molar-refractivity contribution in [2.75, 3.05) is 18.9 Å². The number of carbonyl (C=O) groups is 1. The van der Waals surface area contributed by atoms with Crippen molar-refractivity contribution in [2.24, 2.45) is 0 Å². The van der Waals surface area contributed by atoms with E-state index < -0.39 is 23.7 Å². The lowest BCUT2D eigenvalue weighted by Crippen LogP contribution is -2.52. The Hall–Kier alpha value is -3.35. The normalized spacial score (nSPS) is 20.3. The number of carbonyl (C=O) groups excluding carboxylic acids is 1. The number of aliphatic hydroxyl groups excluding tert-OH is 1. The van der Waals surface area contributed by atoms with Gasteiger partial charge in [-0.05, 0) is 42.6 Å². The molecule has 3 heterocycles. The van der Waals surface area contributed by atoms with E-state index in [2.05, 4.69) is 19.7 Å². The van der Waals surface area contributed by atoms with Gasteiger partial charge in [-0.1, -0.05) is 0 Å². The van der Waals surface area contributed by atoms with Crippen LogP contribution in [-0.2, 0) is 9.53 Å². The van der Waals surface area contributed by atoms with Crippen molar-refractivity contribution in [2.45, 2.75) is 31.1 Å². The molecule has 3 aromatic rings. The topological polar surface area (TPSA) is 170 Å². The third kappa shape index (κ3) is 3.61. The molecule has 32 heavy (non-hydrogen) atoms. The summed E-state index contributed by atoms with van der Waals surface area (Å²) in [5.74, 6) is -0.329. The fourth-order valence-corrected chi connectivity index (χ4v) is 4.48. The van der Waals surface area contributed by atoms with E-state index in [1.165, 1.54) is 11.0 Å². The van der Waals surface area contributed by atoms with Crippen LogP contribution in [0.25, 0.3) is 21.0 Å². The van der Waals surface area contributed by atoms with Gasteiger partial charge in [0, 0.05) is 17.6 Å². The van der Waals surface area contributed by atoms with Crippen molar-refractivity contribution in [1.29, 1.82) is 5.41 Å². The van der Waals surface area contributed by atoms with Crippen LogP contribution in [0, 0.1) is 5.41 Å². The van der Waals surface area contributed by atoms with Crippen LogP contribution in [0.3, 0.4) is 0 Å². The minimum atomic E-state index is -1.51. The van der Waals surface area contributed by atoms with Crippen molar-refractivity contribution in [3.63, 3.8) is 0 Å². The molecule has 5 rings (SSSR count). The Kier molecular flexibility index (Phi) is 5.12. The Bertz CT molecular complexity index is 1310. The van der Waals surface area contributed by atoms with Crippen molar-refractivity contribution in [3.05, 3.63) is 40.6 Å². The number of hydrogen-bond acceptors (Lipinski definition) is 10. The molecule has 1 amide bonds. The largest absolute Gasteiger partial charge is 0.388 e. The highest BCUT2D eigenvalue weighted by Gasteiger charge is 2.38. The quantitative estimate of drug-likeness (QED) is 0.275. The molecule has 2 atom stereocenters. The zero-order chi connectivity index (χ0) is 22.4. The zero-order valence-corrected chi connectivity index (χ0v) is 17.7. The van der Waals surface area contributed by atoms with E-state index in [0.717, 1.165) is 24.4 Å². The predicted octanol–water partition coefficient (Wildman–Crippen LogP) is 0.619. The third-order valence-corrected chi connectivity index (χ3v) is 6.39. The van der Waals surface area contributed by atoms with Crippen molar-refractivity contribution in [1.82, 2.24) is 24.6 Å². The molecule has 0 radical (unpaired) electrons. The average Bonchev–Trinajstić information content (AvgIpc) is 3.53.